The predicted molar refractivity (Wildman–Crippen MR) is 139 cm³/mol. The highest BCUT2D eigenvalue weighted by Gasteiger charge is 2.30. The van der Waals surface area contributed by atoms with Crippen LogP contribution in [0.4, 0.5) is 13.2 Å². The zero-order valence-corrected chi connectivity index (χ0v) is 21.6. The van der Waals surface area contributed by atoms with Crippen LogP contribution in [0.15, 0.2) is 83.8 Å². The summed E-state index contributed by atoms with van der Waals surface area (Å²) in [5.74, 6) is 1.30. The number of aryl methyl sites for hydroxylation is 1. The molecule has 3 aromatic carbocycles. The first-order valence-corrected chi connectivity index (χ1v) is 13.0. The third-order valence-electron chi connectivity index (χ3n) is 5.30. The lowest BCUT2D eigenvalue weighted by atomic mass is 10.1. The van der Waals surface area contributed by atoms with Gasteiger partial charge in [0, 0.05) is 32.9 Å². The minimum absolute atomic E-state index is 0.339. The van der Waals surface area contributed by atoms with Crippen molar-refractivity contribution in [1.29, 1.82) is 0 Å². The molecule has 0 aliphatic carbocycles. The molecular weight excluding hydrogens is 521 g/mol. The summed E-state index contributed by atoms with van der Waals surface area (Å²) in [5, 5.41) is 0. The van der Waals surface area contributed by atoms with Gasteiger partial charge in [0.2, 0.25) is 0 Å². The van der Waals surface area contributed by atoms with Crippen LogP contribution in [0.5, 0.6) is 11.5 Å². The second kappa shape index (κ2) is 11.7. The van der Waals surface area contributed by atoms with Crippen molar-refractivity contribution in [2.24, 2.45) is 0 Å². The van der Waals surface area contributed by atoms with Gasteiger partial charge in [-0.15, -0.1) is 23.1 Å². The highest BCUT2D eigenvalue weighted by Crippen LogP contribution is 2.38. The molecule has 0 atom stereocenters. The van der Waals surface area contributed by atoms with Crippen molar-refractivity contribution < 1.29 is 32.5 Å². The van der Waals surface area contributed by atoms with Gasteiger partial charge in [-0.2, -0.15) is 13.2 Å². The van der Waals surface area contributed by atoms with Crippen LogP contribution in [0.25, 0.3) is 10.4 Å². The molecular formula is C28H23F3O4S2. The van der Waals surface area contributed by atoms with E-state index in [-0.39, 0.29) is 0 Å². The Morgan fingerprint density at radius 3 is 2.35 bits per heavy atom. The molecule has 4 aromatic rings. The highest BCUT2D eigenvalue weighted by molar-refractivity contribution is 7.98. The maximum atomic E-state index is 13.0. The molecule has 0 unspecified atom stereocenters. The Kier molecular flexibility index (Phi) is 8.45. The lowest BCUT2D eigenvalue weighted by Crippen LogP contribution is -2.03. The molecule has 192 valence electrons. The third-order valence-corrected chi connectivity index (χ3v) is 7.73. The van der Waals surface area contributed by atoms with E-state index >= 15 is 0 Å². The van der Waals surface area contributed by atoms with Gasteiger partial charge in [0.25, 0.3) is 0 Å². The summed E-state index contributed by atoms with van der Waals surface area (Å²) < 4.78 is 45.0. The molecule has 0 saturated heterocycles. The van der Waals surface area contributed by atoms with E-state index in [1.165, 1.54) is 30.4 Å². The van der Waals surface area contributed by atoms with Crippen LogP contribution in [-0.4, -0.2) is 5.97 Å². The van der Waals surface area contributed by atoms with Gasteiger partial charge in [0.1, 0.15) is 12.4 Å². The van der Waals surface area contributed by atoms with E-state index in [1.807, 2.05) is 55.5 Å². The van der Waals surface area contributed by atoms with Crippen LogP contribution in [-0.2, 0) is 28.2 Å². The second-order valence-corrected chi connectivity index (χ2v) is 10.3. The van der Waals surface area contributed by atoms with Crippen LogP contribution in [0.3, 0.4) is 0 Å². The predicted octanol–water partition coefficient (Wildman–Crippen LogP) is 8.47. The van der Waals surface area contributed by atoms with Gasteiger partial charge >= 0.3 is 12.1 Å². The van der Waals surface area contributed by atoms with Crippen molar-refractivity contribution in [3.05, 3.63) is 100 Å². The van der Waals surface area contributed by atoms with Gasteiger partial charge in [-0.05, 0) is 66.6 Å². The average molecular weight is 545 g/mol. The Hall–Kier alpha value is -3.43. The molecule has 0 bridgehead atoms. The van der Waals surface area contributed by atoms with Crippen molar-refractivity contribution in [2.75, 3.05) is 0 Å². The first-order chi connectivity index (χ1) is 17.7. The number of alkyl halides is 3. The van der Waals surface area contributed by atoms with E-state index in [9.17, 15) is 18.0 Å². The fourth-order valence-electron chi connectivity index (χ4n) is 3.41. The van der Waals surface area contributed by atoms with E-state index in [0.717, 1.165) is 49.2 Å². The van der Waals surface area contributed by atoms with Gasteiger partial charge < -0.3 is 4.74 Å². The number of carbonyl (C=O) groups excluding carboxylic acids is 1. The number of hydrogen-bond donors (Lipinski definition) is 0. The van der Waals surface area contributed by atoms with E-state index in [1.54, 1.807) is 17.8 Å². The molecule has 0 radical (unpaired) electrons. The summed E-state index contributed by atoms with van der Waals surface area (Å²) in [6, 6.07) is 22.2. The number of hydrogen-bond acceptors (Lipinski definition) is 6. The van der Waals surface area contributed by atoms with Gasteiger partial charge in [-0.1, -0.05) is 30.3 Å². The first kappa shape index (κ1) is 26.6. The zero-order valence-electron chi connectivity index (χ0n) is 20.0. The number of thiophene rings is 1. The van der Waals surface area contributed by atoms with Crippen molar-refractivity contribution in [1.82, 2.24) is 0 Å². The van der Waals surface area contributed by atoms with Crippen molar-refractivity contribution in [3.8, 4) is 21.9 Å². The van der Waals surface area contributed by atoms with Crippen LogP contribution < -0.4 is 9.62 Å². The fraction of sp³-hybridized carbons (Fsp3) is 0.179. The number of para-hydroxylation sites is 1. The van der Waals surface area contributed by atoms with Crippen LogP contribution in [0.2, 0.25) is 0 Å². The maximum absolute atomic E-state index is 13.0. The van der Waals surface area contributed by atoms with Crippen molar-refractivity contribution >= 4 is 29.1 Å². The molecule has 0 spiro atoms. The summed E-state index contributed by atoms with van der Waals surface area (Å²) in [6.07, 6.45) is -4.37. The number of rotatable bonds is 9. The largest absolute Gasteiger partial charge is 0.489 e. The first-order valence-electron chi connectivity index (χ1n) is 11.2. The SMILES string of the molecule is CC(=O)OOc1ccc(SCc2sc(-c3ccc(C(F)(F)F)cc3)cc2COc2ccccc2)cc1C. The topological polar surface area (TPSA) is 44.8 Å². The van der Waals surface area contributed by atoms with E-state index in [4.69, 9.17) is 9.62 Å². The van der Waals surface area contributed by atoms with Crippen molar-refractivity contribution in [2.45, 2.75) is 37.3 Å². The second-order valence-electron chi connectivity index (χ2n) is 8.11. The van der Waals surface area contributed by atoms with Crippen LogP contribution >= 0.6 is 23.1 Å². The Labute approximate surface area is 220 Å². The Bertz CT molecular complexity index is 1350. The Balaban J connectivity index is 1.53. The lowest BCUT2D eigenvalue weighted by Gasteiger charge is -2.09. The van der Waals surface area contributed by atoms with Gasteiger partial charge in [0.05, 0.1) is 5.56 Å². The number of ether oxygens (including phenoxy) is 1. The monoisotopic (exact) mass is 544 g/mol. The van der Waals surface area contributed by atoms with Gasteiger partial charge in [0.15, 0.2) is 5.75 Å². The Morgan fingerprint density at radius 1 is 0.973 bits per heavy atom. The summed E-state index contributed by atoms with van der Waals surface area (Å²) >= 11 is 3.15. The maximum Gasteiger partial charge on any atom is 0.416 e. The summed E-state index contributed by atoms with van der Waals surface area (Å²) in [7, 11) is 0. The average Bonchev–Trinajstić information content (AvgIpc) is 3.29. The lowest BCUT2D eigenvalue weighted by molar-refractivity contribution is -0.211. The van der Waals surface area contributed by atoms with Crippen LogP contribution in [0, 0.1) is 6.92 Å². The van der Waals surface area contributed by atoms with E-state index in [2.05, 4.69) is 4.89 Å². The number of benzene rings is 3. The van der Waals surface area contributed by atoms with Crippen molar-refractivity contribution in [3.63, 3.8) is 0 Å². The fourth-order valence-corrected chi connectivity index (χ4v) is 5.70. The molecule has 9 heteroatoms. The van der Waals surface area contributed by atoms with E-state index < -0.39 is 17.7 Å². The molecule has 4 nitrogen and oxygen atoms in total. The third kappa shape index (κ3) is 7.30. The molecule has 1 heterocycles. The molecule has 4 rings (SSSR count). The number of carbonyl (C=O) groups is 1. The molecule has 0 N–H and O–H groups in total. The molecule has 0 fully saturated rings. The van der Waals surface area contributed by atoms with Gasteiger partial charge in [-0.25, -0.2) is 4.79 Å². The molecule has 0 aliphatic rings. The highest BCUT2D eigenvalue weighted by atomic mass is 32.2. The minimum atomic E-state index is -4.37. The normalized spacial score (nSPS) is 11.3. The Morgan fingerprint density at radius 2 is 1.70 bits per heavy atom. The molecule has 37 heavy (non-hydrogen) atoms. The molecule has 0 amide bonds. The van der Waals surface area contributed by atoms with Crippen LogP contribution in [0.1, 0.15) is 28.5 Å². The standard InChI is InChI=1S/C28H23F3O4S2/c1-18-14-24(12-13-25(18)35-34-19(2)32)36-17-27-21(16-33-23-6-4-3-5-7-23)15-26(37-27)20-8-10-22(11-9-20)28(29,30)31/h3-15H,16-17H2,1-2H3. The smallest absolute Gasteiger partial charge is 0.416 e. The molecule has 1 aromatic heterocycles. The summed E-state index contributed by atoms with van der Waals surface area (Å²) in [6.45, 7) is 3.46. The summed E-state index contributed by atoms with van der Waals surface area (Å²) in [4.78, 5) is 23.6. The van der Waals surface area contributed by atoms with Gasteiger partial charge in [-0.3, -0.25) is 9.78 Å². The van der Waals surface area contributed by atoms with E-state index in [0.29, 0.717) is 18.1 Å². The zero-order chi connectivity index (χ0) is 26.4. The minimum Gasteiger partial charge on any atom is -0.489 e. The molecule has 0 aliphatic heterocycles. The number of halogens is 3. The quantitative estimate of drug-likeness (QED) is 0.120. The summed E-state index contributed by atoms with van der Waals surface area (Å²) in [5.41, 5.74) is 1.84. The molecule has 0 saturated carbocycles. The number of thioether (sulfide) groups is 1.